The maximum Gasteiger partial charge on any atom is 0.224 e. The van der Waals surface area contributed by atoms with E-state index in [1.807, 2.05) is 29.6 Å². The summed E-state index contributed by atoms with van der Waals surface area (Å²) >= 11 is 1.62. The van der Waals surface area contributed by atoms with Crippen LogP contribution in [0.5, 0.6) is 5.88 Å². The Morgan fingerprint density at radius 1 is 1.00 bits per heavy atom. The van der Waals surface area contributed by atoms with Gasteiger partial charge < -0.3 is 4.74 Å². The van der Waals surface area contributed by atoms with E-state index in [9.17, 15) is 0 Å². The van der Waals surface area contributed by atoms with Gasteiger partial charge in [0.25, 0.3) is 0 Å². The van der Waals surface area contributed by atoms with Crippen LogP contribution in [0.25, 0.3) is 21.5 Å². The van der Waals surface area contributed by atoms with Crippen LogP contribution >= 0.6 is 11.3 Å². The van der Waals surface area contributed by atoms with Gasteiger partial charge >= 0.3 is 0 Å². The summed E-state index contributed by atoms with van der Waals surface area (Å²) in [6.07, 6.45) is 1.52. The van der Waals surface area contributed by atoms with Gasteiger partial charge in [0, 0.05) is 10.9 Å². The van der Waals surface area contributed by atoms with E-state index in [2.05, 4.69) is 46.1 Å². The van der Waals surface area contributed by atoms with Crippen molar-refractivity contribution in [1.29, 1.82) is 0 Å². The third kappa shape index (κ3) is 2.98. The molecule has 0 radical (unpaired) electrons. The molecule has 0 unspecified atom stereocenters. The molecule has 0 amide bonds. The van der Waals surface area contributed by atoms with E-state index in [1.165, 1.54) is 11.9 Å². The summed E-state index contributed by atoms with van der Waals surface area (Å²) in [7, 11) is 0. The van der Waals surface area contributed by atoms with Crippen molar-refractivity contribution in [3.05, 3.63) is 71.5 Å². The van der Waals surface area contributed by atoms with E-state index in [4.69, 9.17) is 4.74 Å². The molecule has 0 bridgehead atoms. The van der Waals surface area contributed by atoms with Crippen molar-refractivity contribution in [2.24, 2.45) is 0 Å². The number of aromatic nitrogens is 3. The van der Waals surface area contributed by atoms with Crippen LogP contribution in [0.3, 0.4) is 0 Å². The highest BCUT2D eigenvalue weighted by Crippen LogP contribution is 2.25. The number of thiazole rings is 1. The minimum Gasteiger partial charge on any atom is -0.471 e. The van der Waals surface area contributed by atoms with E-state index in [1.54, 1.807) is 11.3 Å². The lowest BCUT2D eigenvalue weighted by Gasteiger charge is -2.05. The van der Waals surface area contributed by atoms with Crippen molar-refractivity contribution in [2.45, 2.75) is 13.5 Å². The van der Waals surface area contributed by atoms with Gasteiger partial charge in [0.1, 0.15) is 17.9 Å². The van der Waals surface area contributed by atoms with Crippen molar-refractivity contribution in [1.82, 2.24) is 15.0 Å². The second-order valence-electron chi connectivity index (χ2n) is 5.49. The van der Waals surface area contributed by atoms with E-state index in [0.29, 0.717) is 12.5 Å². The lowest BCUT2D eigenvalue weighted by molar-refractivity contribution is 0.294. The number of rotatable bonds is 4. The van der Waals surface area contributed by atoms with E-state index in [0.717, 1.165) is 27.2 Å². The van der Waals surface area contributed by atoms with Crippen LogP contribution in [0.2, 0.25) is 0 Å². The lowest BCUT2D eigenvalue weighted by atomic mass is 10.2. The zero-order chi connectivity index (χ0) is 16.4. The van der Waals surface area contributed by atoms with Crippen molar-refractivity contribution in [3.63, 3.8) is 0 Å². The van der Waals surface area contributed by atoms with Crippen LogP contribution in [0.4, 0.5) is 0 Å². The van der Waals surface area contributed by atoms with Crippen LogP contribution in [0, 0.1) is 6.92 Å². The molecule has 24 heavy (non-hydrogen) atoms. The number of nitrogens with zero attached hydrogens (tertiary/aromatic N) is 3. The third-order valence-electron chi connectivity index (χ3n) is 3.71. The molecule has 0 aliphatic heterocycles. The third-order valence-corrected chi connectivity index (χ3v) is 4.65. The average Bonchev–Trinajstić information content (AvgIpc) is 3.09. The number of fused-ring (bicyclic) bond motifs is 1. The Morgan fingerprint density at radius 3 is 2.71 bits per heavy atom. The number of para-hydroxylation sites is 1. The summed E-state index contributed by atoms with van der Waals surface area (Å²) < 4.78 is 5.87. The zero-order valence-electron chi connectivity index (χ0n) is 13.1. The first-order valence-corrected chi connectivity index (χ1v) is 8.51. The Morgan fingerprint density at radius 2 is 1.83 bits per heavy atom. The largest absolute Gasteiger partial charge is 0.471 e. The van der Waals surface area contributed by atoms with E-state index < -0.39 is 0 Å². The van der Waals surface area contributed by atoms with Gasteiger partial charge in [-0.25, -0.2) is 15.0 Å². The molecule has 118 valence electrons. The molecule has 2 aromatic heterocycles. The Labute approximate surface area is 143 Å². The van der Waals surface area contributed by atoms with Crippen molar-refractivity contribution >= 4 is 22.2 Å². The normalized spacial score (nSPS) is 10.9. The quantitative estimate of drug-likeness (QED) is 0.546. The molecular weight excluding hydrogens is 318 g/mol. The van der Waals surface area contributed by atoms with Crippen LogP contribution in [-0.2, 0) is 6.61 Å². The SMILES string of the molecule is Cc1ccc(-c2nc(COc3ncnc4ccccc34)cs2)cc1. The molecule has 0 saturated carbocycles. The van der Waals surface area contributed by atoms with E-state index in [-0.39, 0.29) is 0 Å². The van der Waals surface area contributed by atoms with Gasteiger partial charge in [-0.2, -0.15) is 0 Å². The van der Waals surface area contributed by atoms with Crippen LogP contribution in [0.1, 0.15) is 11.3 Å². The first-order chi connectivity index (χ1) is 11.8. The van der Waals surface area contributed by atoms with Crippen LogP contribution in [-0.4, -0.2) is 15.0 Å². The van der Waals surface area contributed by atoms with Gasteiger partial charge in [-0.1, -0.05) is 42.0 Å². The number of ether oxygens (including phenoxy) is 1. The summed E-state index contributed by atoms with van der Waals surface area (Å²) in [5.74, 6) is 0.588. The van der Waals surface area contributed by atoms with Crippen molar-refractivity contribution in [2.75, 3.05) is 0 Å². The number of hydrogen-bond donors (Lipinski definition) is 0. The molecule has 0 atom stereocenters. The topological polar surface area (TPSA) is 47.9 Å². The second-order valence-corrected chi connectivity index (χ2v) is 6.35. The smallest absolute Gasteiger partial charge is 0.224 e. The maximum atomic E-state index is 5.87. The summed E-state index contributed by atoms with van der Waals surface area (Å²) in [6.45, 7) is 2.47. The van der Waals surface area contributed by atoms with Gasteiger partial charge in [-0.05, 0) is 19.1 Å². The first kappa shape index (κ1) is 14.8. The predicted molar refractivity (Wildman–Crippen MR) is 96.2 cm³/mol. The molecular formula is C19H15N3OS. The average molecular weight is 333 g/mol. The first-order valence-electron chi connectivity index (χ1n) is 7.63. The molecule has 4 nitrogen and oxygen atoms in total. The molecule has 4 rings (SSSR count). The summed E-state index contributed by atoms with van der Waals surface area (Å²) in [4.78, 5) is 13.1. The van der Waals surface area contributed by atoms with Crippen LogP contribution < -0.4 is 4.74 Å². The van der Waals surface area contributed by atoms with Gasteiger partial charge in [0.2, 0.25) is 5.88 Å². The fourth-order valence-corrected chi connectivity index (χ4v) is 3.25. The molecule has 4 aromatic rings. The van der Waals surface area contributed by atoms with Crippen molar-refractivity contribution in [3.8, 4) is 16.5 Å². The molecule has 0 aliphatic rings. The van der Waals surface area contributed by atoms with E-state index >= 15 is 0 Å². The summed E-state index contributed by atoms with van der Waals surface area (Å²) in [6, 6.07) is 16.2. The summed E-state index contributed by atoms with van der Waals surface area (Å²) in [5.41, 5.74) is 4.15. The lowest BCUT2D eigenvalue weighted by Crippen LogP contribution is -1.99. The predicted octanol–water partition coefficient (Wildman–Crippen LogP) is 4.64. The van der Waals surface area contributed by atoms with Gasteiger partial charge in [0.05, 0.1) is 16.6 Å². The Balaban J connectivity index is 1.53. The highest BCUT2D eigenvalue weighted by atomic mass is 32.1. The highest BCUT2D eigenvalue weighted by molar-refractivity contribution is 7.13. The minimum atomic E-state index is 0.392. The number of hydrogen-bond acceptors (Lipinski definition) is 5. The minimum absolute atomic E-state index is 0.392. The molecule has 0 spiro atoms. The molecule has 0 fully saturated rings. The summed E-state index contributed by atoms with van der Waals surface area (Å²) in [5, 5.41) is 3.94. The molecule has 0 aliphatic carbocycles. The fourth-order valence-electron chi connectivity index (χ4n) is 2.44. The van der Waals surface area contributed by atoms with Gasteiger partial charge in [-0.15, -0.1) is 11.3 Å². The molecule has 0 N–H and O–H groups in total. The number of aryl methyl sites for hydroxylation is 1. The Hall–Kier alpha value is -2.79. The second kappa shape index (κ2) is 6.37. The van der Waals surface area contributed by atoms with Crippen molar-refractivity contribution < 1.29 is 4.74 Å². The van der Waals surface area contributed by atoms with Gasteiger partial charge in [-0.3, -0.25) is 0 Å². The molecule has 5 heteroatoms. The zero-order valence-corrected chi connectivity index (χ0v) is 14.0. The number of benzene rings is 2. The highest BCUT2D eigenvalue weighted by Gasteiger charge is 2.08. The fraction of sp³-hybridized carbons (Fsp3) is 0.105. The molecule has 0 saturated heterocycles. The standard InChI is InChI=1S/C19H15N3OS/c1-13-6-8-14(9-7-13)19-22-15(11-24-19)10-23-18-16-4-2-3-5-17(16)20-12-21-18/h2-9,11-12H,10H2,1H3. The maximum absolute atomic E-state index is 5.87. The Bertz CT molecular complexity index is 974. The molecule has 2 aromatic carbocycles. The Kier molecular flexibility index (Phi) is 3.92. The van der Waals surface area contributed by atoms with Gasteiger partial charge in [0.15, 0.2) is 0 Å². The van der Waals surface area contributed by atoms with Crippen LogP contribution in [0.15, 0.2) is 60.2 Å². The monoisotopic (exact) mass is 333 g/mol. The molecule has 2 heterocycles.